The first-order chi connectivity index (χ1) is 11.4. The van der Waals surface area contributed by atoms with Crippen molar-refractivity contribution in [1.29, 1.82) is 0 Å². The van der Waals surface area contributed by atoms with Gasteiger partial charge in [-0.25, -0.2) is 8.42 Å². The van der Waals surface area contributed by atoms with Crippen molar-refractivity contribution in [2.75, 3.05) is 24.2 Å². The summed E-state index contributed by atoms with van der Waals surface area (Å²) in [5, 5.41) is 11.5. The normalized spacial score (nSPS) is 17.9. The van der Waals surface area contributed by atoms with Crippen molar-refractivity contribution in [2.45, 2.75) is 17.2 Å². The molecule has 6 nitrogen and oxygen atoms in total. The summed E-state index contributed by atoms with van der Waals surface area (Å²) in [7, 11) is -3.66. The van der Waals surface area contributed by atoms with E-state index < -0.39 is 14.8 Å². The lowest BCUT2D eigenvalue weighted by Gasteiger charge is -2.19. The zero-order valence-electron chi connectivity index (χ0n) is 13.3. The molecule has 24 heavy (non-hydrogen) atoms. The van der Waals surface area contributed by atoms with Gasteiger partial charge in [-0.3, -0.25) is 10.1 Å². The summed E-state index contributed by atoms with van der Waals surface area (Å²) in [6.45, 7) is 1.30. The molecule has 2 aromatic carbocycles. The molecule has 126 valence electrons. The first-order valence-corrected chi connectivity index (χ1v) is 9.54. The van der Waals surface area contributed by atoms with Crippen LogP contribution in [0.3, 0.4) is 0 Å². The van der Waals surface area contributed by atoms with Gasteiger partial charge >= 0.3 is 5.69 Å². The summed E-state index contributed by atoms with van der Waals surface area (Å²) < 4.78 is 23.8. The lowest BCUT2D eigenvalue weighted by Crippen LogP contribution is -2.21. The summed E-state index contributed by atoms with van der Waals surface area (Å²) in [6.07, 6.45) is 1.88. The Morgan fingerprint density at radius 1 is 1.12 bits per heavy atom. The molecule has 0 spiro atoms. The third-order valence-electron chi connectivity index (χ3n) is 4.36. The topological polar surface area (TPSA) is 80.5 Å². The molecule has 1 aliphatic heterocycles. The van der Waals surface area contributed by atoms with Gasteiger partial charge in [-0.15, -0.1) is 0 Å². The van der Waals surface area contributed by atoms with E-state index in [2.05, 4.69) is 12.1 Å². The van der Waals surface area contributed by atoms with E-state index in [0.717, 1.165) is 12.7 Å². The van der Waals surface area contributed by atoms with E-state index in [1.807, 2.05) is 23.1 Å². The second-order valence-corrected chi connectivity index (χ2v) is 7.98. The maximum absolute atomic E-state index is 11.9. The maximum atomic E-state index is 11.9. The van der Waals surface area contributed by atoms with E-state index in [1.165, 1.54) is 11.6 Å². The van der Waals surface area contributed by atoms with Crippen LogP contribution in [0.15, 0.2) is 53.4 Å². The fourth-order valence-electron chi connectivity index (χ4n) is 3.22. The summed E-state index contributed by atoms with van der Waals surface area (Å²) in [5.74, 6) is 0.285. The second kappa shape index (κ2) is 6.24. The highest BCUT2D eigenvalue weighted by atomic mass is 32.2. The van der Waals surface area contributed by atoms with E-state index in [1.54, 1.807) is 12.1 Å². The summed E-state index contributed by atoms with van der Waals surface area (Å²) in [5.41, 5.74) is 1.25. The van der Waals surface area contributed by atoms with Crippen molar-refractivity contribution >= 4 is 21.2 Å². The third-order valence-corrected chi connectivity index (χ3v) is 5.49. The number of anilines is 1. The number of nitro groups is 1. The molecule has 0 N–H and O–H groups in total. The lowest BCUT2D eigenvalue weighted by atomic mass is 9.99. The van der Waals surface area contributed by atoms with Gasteiger partial charge in [0.1, 0.15) is 10.6 Å². The lowest BCUT2D eigenvalue weighted by molar-refractivity contribution is -0.387. The molecule has 1 fully saturated rings. The van der Waals surface area contributed by atoms with Gasteiger partial charge < -0.3 is 4.90 Å². The number of nitro benzene ring substituents is 1. The van der Waals surface area contributed by atoms with Crippen molar-refractivity contribution < 1.29 is 13.3 Å². The molecule has 2 aromatic rings. The predicted molar refractivity (Wildman–Crippen MR) is 92.2 cm³/mol. The van der Waals surface area contributed by atoms with Gasteiger partial charge in [-0.2, -0.15) is 0 Å². The van der Waals surface area contributed by atoms with Crippen molar-refractivity contribution in [3.63, 3.8) is 0 Å². The number of hydrogen-bond donors (Lipinski definition) is 0. The van der Waals surface area contributed by atoms with E-state index in [9.17, 15) is 18.5 Å². The monoisotopic (exact) mass is 346 g/mol. The molecule has 0 bridgehead atoms. The molecule has 0 saturated carbocycles. The van der Waals surface area contributed by atoms with Crippen molar-refractivity contribution in [1.82, 2.24) is 0 Å². The molecule has 0 radical (unpaired) electrons. The first kappa shape index (κ1) is 16.4. The SMILES string of the molecule is CS(=O)(=O)c1cccc(N2CCC(c3ccccc3)C2)c1[N+](=O)[O-]. The summed E-state index contributed by atoms with van der Waals surface area (Å²) in [4.78, 5) is 12.6. The number of hydrogen-bond acceptors (Lipinski definition) is 5. The Balaban J connectivity index is 1.98. The zero-order valence-corrected chi connectivity index (χ0v) is 14.1. The number of benzene rings is 2. The number of para-hydroxylation sites is 1. The van der Waals surface area contributed by atoms with Crippen LogP contribution >= 0.6 is 0 Å². The third kappa shape index (κ3) is 3.12. The van der Waals surface area contributed by atoms with Crippen LogP contribution in [0.1, 0.15) is 17.9 Å². The van der Waals surface area contributed by atoms with Gasteiger partial charge in [-0.1, -0.05) is 36.4 Å². The van der Waals surface area contributed by atoms with Crippen LogP contribution in [-0.4, -0.2) is 32.7 Å². The van der Waals surface area contributed by atoms with Crippen LogP contribution in [0.25, 0.3) is 0 Å². The van der Waals surface area contributed by atoms with Gasteiger partial charge in [0.15, 0.2) is 9.84 Å². The van der Waals surface area contributed by atoms with Gasteiger partial charge in [0.25, 0.3) is 0 Å². The minimum absolute atomic E-state index is 0.229. The number of rotatable bonds is 4. The molecule has 1 unspecified atom stereocenters. The standard InChI is InChI=1S/C17H18N2O4S/c1-24(22,23)16-9-5-8-15(17(16)19(20)21)18-11-10-14(12-18)13-6-3-2-4-7-13/h2-9,14H,10-12H2,1H3. The first-order valence-electron chi connectivity index (χ1n) is 7.65. The molecular formula is C17H18N2O4S. The van der Waals surface area contributed by atoms with Gasteiger partial charge in [0.05, 0.1) is 4.92 Å². The number of nitrogens with zero attached hydrogens (tertiary/aromatic N) is 2. The maximum Gasteiger partial charge on any atom is 0.311 e. The van der Waals surface area contributed by atoms with Crippen LogP contribution in [0, 0.1) is 10.1 Å². The van der Waals surface area contributed by atoms with Gasteiger partial charge in [-0.05, 0) is 24.1 Å². The molecule has 0 aliphatic carbocycles. The van der Waals surface area contributed by atoms with Gasteiger partial charge in [0, 0.05) is 25.3 Å². The fourth-order valence-corrected chi connectivity index (χ4v) is 4.08. The molecule has 1 heterocycles. The molecule has 3 rings (SSSR count). The van der Waals surface area contributed by atoms with Crippen LogP contribution in [0.2, 0.25) is 0 Å². The van der Waals surface area contributed by atoms with Crippen LogP contribution in [0.4, 0.5) is 11.4 Å². The minimum atomic E-state index is -3.66. The van der Waals surface area contributed by atoms with Gasteiger partial charge in [0.2, 0.25) is 0 Å². The van der Waals surface area contributed by atoms with Crippen LogP contribution in [-0.2, 0) is 9.84 Å². The van der Waals surface area contributed by atoms with Crippen LogP contribution in [0.5, 0.6) is 0 Å². The van der Waals surface area contributed by atoms with E-state index in [0.29, 0.717) is 18.8 Å². The Morgan fingerprint density at radius 2 is 1.83 bits per heavy atom. The largest absolute Gasteiger partial charge is 0.365 e. The molecule has 0 aromatic heterocycles. The molecule has 1 aliphatic rings. The zero-order chi connectivity index (χ0) is 17.3. The quantitative estimate of drug-likeness (QED) is 0.628. The fraction of sp³-hybridized carbons (Fsp3) is 0.294. The summed E-state index contributed by atoms with van der Waals surface area (Å²) in [6, 6.07) is 14.5. The smallest absolute Gasteiger partial charge is 0.311 e. The highest BCUT2D eigenvalue weighted by Crippen LogP contribution is 2.38. The Kier molecular flexibility index (Phi) is 4.28. The Bertz CT molecular complexity index is 865. The average molecular weight is 346 g/mol. The van der Waals surface area contributed by atoms with E-state index in [-0.39, 0.29) is 16.5 Å². The highest BCUT2D eigenvalue weighted by Gasteiger charge is 2.32. The van der Waals surface area contributed by atoms with Crippen LogP contribution < -0.4 is 4.90 Å². The Labute approximate surface area is 140 Å². The molecule has 1 saturated heterocycles. The van der Waals surface area contributed by atoms with E-state index in [4.69, 9.17) is 0 Å². The minimum Gasteiger partial charge on any atom is -0.365 e. The average Bonchev–Trinajstić information content (AvgIpc) is 3.04. The summed E-state index contributed by atoms with van der Waals surface area (Å²) >= 11 is 0. The number of sulfone groups is 1. The Morgan fingerprint density at radius 3 is 2.46 bits per heavy atom. The highest BCUT2D eigenvalue weighted by molar-refractivity contribution is 7.90. The predicted octanol–water partition coefficient (Wildman–Crippen LogP) is 2.99. The molecular weight excluding hydrogens is 328 g/mol. The van der Waals surface area contributed by atoms with E-state index >= 15 is 0 Å². The Hall–Kier alpha value is -2.41. The molecule has 1 atom stereocenters. The van der Waals surface area contributed by atoms with Crippen molar-refractivity contribution in [3.05, 3.63) is 64.2 Å². The van der Waals surface area contributed by atoms with Crippen molar-refractivity contribution in [3.8, 4) is 0 Å². The molecule has 0 amide bonds. The van der Waals surface area contributed by atoms with Crippen molar-refractivity contribution in [2.24, 2.45) is 0 Å². The molecule has 7 heteroatoms. The second-order valence-electron chi connectivity index (χ2n) is 6.00.